The Morgan fingerprint density at radius 3 is 2.45 bits per heavy atom. The summed E-state index contributed by atoms with van der Waals surface area (Å²) in [7, 11) is -1.57. The van der Waals surface area contributed by atoms with Crippen LogP contribution in [-0.2, 0) is 14.6 Å². The highest BCUT2D eigenvalue weighted by molar-refractivity contribution is 7.90. The van der Waals surface area contributed by atoms with Crippen molar-refractivity contribution >= 4 is 21.2 Å². The number of rotatable bonds is 7. The fourth-order valence-electron chi connectivity index (χ4n) is 2.00. The number of hydrogen-bond donors (Lipinski definition) is 1. The summed E-state index contributed by atoms with van der Waals surface area (Å²) in [5, 5.41) is 0. The summed E-state index contributed by atoms with van der Waals surface area (Å²) in [6.45, 7) is 6.41. The summed E-state index contributed by atoms with van der Waals surface area (Å²) in [4.78, 5) is 2.37. The number of sulfone groups is 1. The summed E-state index contributed by atoms with van der Waals surface area (Å²) in [6.07, 6.45) is 1.18. The molecule has 0 saturated carbocycles. The van der Waals surface area contributed by atoms with Crippen molar-refractivity contribution in [2.24, 2.45) is 5.92 Å². The van der Waals surface area contributed by atoms with Gasteiger partial charge in [0.25, 0.3) is 0 Å². The molecule has 0 aromatic heterocycles. The van der Waals surface area contributed by atoms with Crippen LogP contribution >= 0.6 is 0 Å². The molecule has 0 unspecified atom stereocenters. The van der Waals surface area contributed by atoms with Gasteiger partial charge in [-0.3, -0.25) is 0 Å². The Morgan fingerprint density at radius 2 is 2.00 bits per heavy atom. The Morgan fingerprint density at radius 1 is 1.35 bits per heavy atom. The Hall–Kier alpha value is -1.27. The van der Waals surface area contributed by atoms with Crippen LogP contribution in [0.1, 0.15) is 13.8 Å². The molecule has 0 fully saturated rings. The summed E-state index contributed by atoms with van der Waals surface area (Å²) in [5.41, 5.74) is 7.35. The van der Waals surface area contributed by atoms with E-state index in [2.05, 4.69) is 18.7 Å². The summed E-state index contributed by atoms with van der Waals surface area (Å²) >= 11 is 0. The Balaban J connectivity index is 3.07. The summed E-state index contributed by atoms with van der Waals surface area (Å²) in [5.74, 6) is 0.473. The van der Waals surface area contributed by atoms with Crippen LogP contribution in [0, 0.1) is 5.92 Å². The zero-order chi connectivity index (χ0) is 15.3. The fourth-order valence-corrected chi connectivity index (χ4v) is 2.66. The molecule has 1 aromatic rings. The van der Waals surface area contributed by atoms with Crippen LogP contribution in [0.4, 0.5) is 11.4 Å². The van der Waals surface area contributed by atoms with Gasteiger partial charge in [0.15, 0.2) is 9.84 Å². The van der Waals surface area contributed by atoms with E-state index >= 15 is 0 Å². The van der Waals surface area contributed by atoms with Crippen molar-refractivity contribution in [2.45, 2.75) is 18.7 Å². The van der Waals surface area contributed by atoms with E-state index < -0.39 is 9.84 Å². The molecule has 20 heavy (non-hydrogen) atoms. The first-order chi connectivity index (χ1) is 9.25. The number of methoxy groups -OCH3 is 1. The molecule has 1 rings (SSSR count). The van der Waals surface area contributed by atoms with Gasteiger partial charge in [0.2, 0.25) is 0 Å². The van der Waals surface area contributed by atoms with Gasteiger partial charge in [-0.2, -0.15) is 0 Å². The van der Waals surface area contributed by atoms with Crippen LogP contribution < -0.4 is 10.6 Å². The van der Waals surface area contributed by atoms with Gasteiger partial charge in [-0.1, -0.05) is 13.8 Å². The zero-order valence-electron chi connectivity index (χ0n) is 12.6. The van der Waals surface area contributed by atoms with E-state index in [1.54, 1.807) is 19.2 Å². The fraction of sp³-hybridized carbons (Fsp3) is 0.571. The molecule has 114 valence electrons. The molecule has 0 aliphatic carbocycles. The second-order valence-corrected chi connectivity index (χ2v) is 7.34. The smallest absolute Gasteiger partial charge is 0.175 e. The van der Waals surface area contributed by atoms with E-state index in [0.717, 1.165) is 18.8 Å². The maximum atomic E-state index is 11.5. The summed E-state index contributed by atoms with van der Waals surface area (Å²) < 4.78 is 28.2. The minimum absolute atomic E-state index is 0.245. The van der Waals surface area contributed by atoms with Crippen LogP contribution in [0.3, 0.4) is 0 Å². The van der Waals surface area contributed by atoms with E-state index in [1.165, 1.54) is 12.3 Å². The minimum atomic E-state index is -3.23. The van der Waals surface area contributed by atoms with E-state index in [1.807, 2.05) is 0 Å². The van der Waals surface area contributed by atoms with E-state index in [9.17, 15) is 8.42 Å². The lowest BCUT2D eigenvalue weighted by atomic mass is 10.1. The largest absolute Gasteiger partial charge is 0.397 e. The molecule has 0 aliphatic rings. The molecule has 2 N–H and O–H groups in total. The van der Waals surface area contributed by atoms with Crippen LogP contribution in [-0.4, -0.2) is 41.5 Å². The Bertz CT molecular complexity index is 541. The lowest BCUT2D eigenvalue weighted by Crippen LogP contribution is -2.31. The molecular formula is C14H24N2O3S. The first-order valence-corrected chi connectivity index (χ1v) is 8.48. The highest BCUT2D eigenvalue weighted by Crippen LogP contribution is 2.27. The van der Waals surface area contributed by atoms with Crippen molar-refractivity contribution in [1.29, 1.82) is 0 Å². The highest BCUT2D eigenvalue weighted by atomic mass is 32.2. The second kappa shape index (κ2) is 6.95. The standard InChI is InChI=1S/C14H24N2O3S/c1-11(2)10-16(7-8-19-3)14-6-5-12(9-13(14)15)20(4,17)18/h5-6,9,11H,7-8,10,15H2,1-4H3. The summed E-state index contributed by atoms with van der Waals surface area (Å²) in [6, 6.07) is 4.88. The van der Waals surface area contributed by atoms with Gasteiger partial charge in [-0.05, 0) is 24.1 Å². The first-order valence-electron chi connectivity index (χ1n) is 6.59. The topological polar surface area (TPSA) is 72.6 Å². The third-order valence-electron chi connectivity index (χ3n) is 2.92. The third kappa shape index (κ3) is 4.68. The molecule has 6 heteroatoms. The number of anilines is 2. The predicted octanol–water partition coefficient (Wildman–Crippen LogP) is 1.78. The van der Waals surface area contributed by atoms with Crippen molar-refractivity contribution in [3.63, 3.8) is 0 Å². The number of benzene rings is 1. The van der Waals surface area contributed by atoms with Crippen molar-refractivity contribution < 1.29 is 13.2 Å². The van der Waals surface area contributed by atoms with Gasteiger partial charge in [0.1, 0.15) is 0 Å². The van der Waals surface area contributed by atoms with Crippen molar-refractivity contribution in [3.8, 4) is 0 Å². The average molecular weight is 300 g/mol. The lowest BCUT2D eigenvalue weighted by molar-refractivity contribution is 0.204. The molecule has 0 radical (unpaired) electrons. The maximum Gasteiger partial charge on any atom is 0.175 e. The quantitative estimate of drug-likeness (QED) is 0.777. The number of nitrogens with two attached hydrogens (primary N) is 1. The van der Waals surface area contributed by atoms with Crippen LogP contribution in [0.5, 0.6) is 0 Å². The van der Waals surface area contributed by atoms with Gasteiger partial charge in [-0.25, -0.2) is 8.42 Å². The molecular weight excluding hydrogens is 276 g/mol. The second-order valence-electron chi connectivity index (χ2n) is 5.33. The number of ether oxygens (including phenoxy) is 1. The molecule has 0 bridgehead atoms. The number of nitrogens with zero attached hydrogens (tertiary/aromatic N) is 1. The van der Waals surface area contributed by atoms with Gasteiger partial charge in [-0.15, -0.1) is 0 Å². The first kappa shape index (κ1) is 16.8. The molecule has 5 nitrogen and oxygen atoms in total. The molecule has 0 saturated heterocycles. The maximum absolute atomic E-state index is 11.5. The van der Waals surface area contributed by atoms with Gasteiger partial charge < -0.3 is 15.4 Å². The molecule has 1 aromatic carbocycles. The monoisotopic (exact) mass is 300 g/mol. The van der Waals surface area contributed by atoms with E-state index in [-0.39, 0.29) is 4.90 Å². The van der Waals surface area contributed by atoms with Gasteiger partial charge in [0.05, 0.1) is 22.9 Å². The van der Waals surface area contributed by atoms with Crippen molar-refractivity contribution in [2.75, 3.05) is 43.7 Å². The predicted molar refractivity (Wildman–Crippen MR) is 82.9 cm³/mol. The minimum Gasteiger partial charge on any atom is -0.397 e. The van der Waals surface area contributed by atoms with Crippen LogP contribution in [0.15, 0.2) is 23.1 Å². The van der Waals surface area contributed by atoms with E-state index in [4.69, 9.17) is 10.5 Å². The normalized spacial score (nSPS) is 11.8. The highest BCUT2D eigenvalue weighted by Gasteiger charge is 2.14. The Kier molecular flexibility index (Phi) is 5.83. The molecule has 0 atom stereocenters. The SMILES string of the molecule is COCCN(CC(C)C)c1ccc(S(C)(=O)=O)cc1N. The van der Waals surface area contributed by atoms with Crippen molar-refractivity contribution in [3.05, 3.63) is 18.2 Å². The van der Waals surface area contributed by atoms with Crippen molar-refractivity contribution in [1.82, 2.24) is 0 Å². The van der Waals surface area contributed by atoms with Gasteiger partial charge in [0, 0.05) is 26.5 Å². The van der Waals surface area contributed by atoms with Crippen LogP contribution in [0.2, 0.25) is 0 Å². The zero-order valence-corrected chi connectivity index (χ0v) is 13.4. The lowest BCUT2D eigenvalue weighted by Gasteiger charge is -2.27. The number of nitrogen functional groups attached to an aromatic ring is 1. The molecule has 0 heterocycles. The Labute approximate surface area is 121 Å². The third-order valence-corrected chi connectivity index (χ3v) is 4.03. The van der Waals surface area contributed by atoms with E-state index in [0.29, 0.717) is 18.2 Å². The molecule has 0 amide bonds. The molecule has 0 spiro atoms. The average Bonchev–Trinajstić information content (AvgIpc) is 2.33. The molecule has 0 aliphatic heterocycles. The number of hydrogen-bond acceptors (Lipinski definition) is 5. The van der Waals surface area contributed by atoms with Gasteiger partial charge >= 0.3 is 0 Å². The van der Waals surface area contributed by atoms with Crippen LogP contribution in [0.25, 0.3) is 0 Å².